The van der Waals surface area contributed by atoms with Crippen LogP contribution in [0.3, 0.4) is 0 Å². The van der Waals surface area contributed by atoms with E-state index < -0.39 is 11.8 Å². The lowest BCUT2D eigenvalue weighted by atomic mass is 10.0. The van der Waals surface area contributed by atoms with Crippen molar-refractivity contribution < 1.29 is 23.5 Å². The van der Waals surface area contributed by atoms with Gasteiger partial charge < -0.3 is 25.0 Å². The second-order valence-corrected chi connectivity index (χ2v) is 7.99. The van der Waals surface area contributed by atoms with Crippen molar-refractivity contribution in [1.29, 1.82) is 0 Å². The van der Waals surface area contributed by atoms with Crippen LogP contribution in [0.1, 0.15) is 17.2 Å². The van der Waals surface area contributed by atoms with Crippen molar-refractivity contribution in [3.05, 3.63) is 59.4 Å². The molecule has 32 heavy (non-hydrogen) atoms. The number of likely N-dealkylation sites (N-methyl/N-ethyl adjacent to an activating group) is 1. The number of amides is 2. The maximum Gasteiger partial charge on any atom is 0.309 e. The molecule has 0 bridgehead atoms. The van der Waals surface area contributed by atoms with Gasteiger partial charge in [-0.05, 0) is 42.4 Å². The number of benzene rings is 2. The van der Waals surface area contributed by atoms with Crippen LogP contribution in [-0.4, -0.2) is 68.2 Å². The summed E-state index contributed by atoms with van der Waals surface area (Å²) in [5.41, 5.74) is 1.70. The lowest BCUT2D eigenvalue weighted by molar-refractivity contribution is -0.139. The highest BCUT2D eigenvalue weighted by atomic mass is 19.1. The van der Waals surface area contributed by atoms with E-state index >= 15 is 0 Å². The molecule has 8 nitrogen and oxygen atoms in total. The van der Waals surface area contributed by atoms with E-state index in [0.29, 0.717) is 17.1 Å². The van der Waals surface area contributed by atoms with Crippen molar-refractivity contribution in [2.24, 2.45) is 0 Å². The van der Waals surface area contributed by atoms with Gasteiger partial charge in [-0.25, -0.2) is 4.39 Å². The molecule has 2 N–H and O–H groups in total. The SMILES string of the molecule is CN1CCN([C@H](CNC(=O)C(=O)NCc2ccc(F)cc2)c2ccc3c(c2)OCO3)CC1. The minimum atomic E-state index is -0.725. The molecule has 4 rings (SSSR count). The number of fused-ring (bicyclic) bond motifs is 1. The minimum Gasteiger partial charge on any atom is -0.454 e. The number of hydrogen-bond donors (Lipinski definition) is 2. The van der Waals surface area contributed by atoms with Crippen LogP contribution >= 0.6 is 0 Å². The lowest BCUT2D eigenvalue weighted by Crippen LogP contribution is -2.49. The maximum atomic E-state index is 13.0. The van der Waals surface area contributed by atoms with Gasteiger partial charge in [0.05, 0.1) is 6.04 Å². The number of carbonyl (C=O) groups excluding carboxylic acids is 2. The molecule has 1 saturated heterocycles. The Morgan fingerprint density at radius 2 is 1.66 bits per heavy atom. The predicted molar refractivity (Wildman–Crippen MR) is 116 cm³/mol. The summed E-state index contributed by atoms with van der Waals surface area (Å²) in [6.45, 7) is 4.18. The fourth-order valence-electron chi connectivity index (χ4n) is 3.85. The Hall–Kier alpha value is -3.17. The fraction of sp³-hybridized carbons (Fsp3) is 0.391. The molecule has 0 saturated carbocycles. The van der Waals surface area contributed by atoms with Crippen molar-refractivity contribution in [2.75, 3.05) is 46.6 Å². The summed E-state index contributed by atoms with van der Waals surface area (Å²) in [5.74, 6) is -0.388. The zero-order valence-corrected chi connectivity index (χ0v) is 18.0. The first kappa shape index (κ1) is 22.0. The van der Waals surface area contributed by atoms with E-state index in [1.165, 1.54) is 12.1 Å². The van der Waals surface area contributed by atoms with Crippen molar-refractivity contribution >= 4 is 11.8 Å². The van der Waals surface area contributed by atoms with Crippen molar-refractivity contribution in [3.63, 3.8) is 0 Å². The molecule has 9 heteroatoms. The van der Waals surface area contributed by atoms with Gasteiger partial charge in [0.2, 0.25) is 6.79 Å². The molecule has 0 aromatic heterocycles. The van der Waals surface area contributed by atoms with Gasteiger partial charge in [0.25, 0.3) is 0 Å². The minimum absolute atomic E-state index is 0.105. The van der Waals surface area contributed by atoms with E-state index in [-0.39, 0.29) is 31.7 Å². The molecule has 2 aliphatic rings. The second-order valence-electron chi connectivity index (χ2n) is 7.99. The van der Waals surface area contributed by atoms with Gasteiger partial charge in [-0.15, -0.1) is 0 Å². The smallest absolute Gasteiger partial charge is 0.309 e. The molecular weight excluding hydrogens is 415 g/mol. The van der Waals surface area contributed by atoms with Gasteiger partial charge >= 0.3 is 11.8 Å². The van der Waals surface area contributed by atoms with Gasteiger partial charge in [0, 0.05) is 39.3 Å². The van der Waals surface area contributed by atoms with Crippen molar-refractivity contribution in [2.45, 2.75) is 12.6 Å². The summed E-state index contributed by atoms with van der Waals surface area (Å²) in [5, 5.41) is 5.34. The molecular formula is C23H27FN4O4. The number of rotatable bonds is 6. The first-order chi connectivity index (χ1) is 15.5. The molecule has 2 heterocycles. The van der Waals surface area contributed by atoms with E-state index in [1.807, 2.05) is 18.2 Å². The van der Waals surface area contributed by atoms with Crippen molar-refractivity contribution in [3.8, 4) is 11.5 Å². The Bertz CT molecular complexity index is 961. The monoisotopic (exact) mass is 442 g/mol. The average molecular weight is 442 g/mol. The molecule has 1 fully saturated rings. The molecule has 0 aliphatic carbocycles. The van der Waals surface area contributed by atoms with Crippen LogP contribution in [0.5, 0.6) is 11.5 Å². The summed E-state index contributed by atoms with van der Waals surface area (Å²) in [4.78, 5) is 29.2. The lowest BCUT2D eigenvalue weighted by Gasteiger charge is -2.38. The Balaban J connectivity index is 1.38. The Labute approximate surface area is 186 Å². The van der Waals surface area contributed by atoms with Gasteiger partial charge in [-0.3, -0.25) is 14.5 Å². The predicted octanol–water partition coefficient (Wildman–Crippen LogP) is 1.28. The largest absolute Gasteiger partial charge is 0.454 e. The number of piperazine rings is 1. The van der Waals surface area contributed by atoms with Crippen molar-refractivity contribution in [1.82, 2.24) is 20.4 Å². The highest BCUT2D eigenvalue weighted by Gasteiger charge is 2.27. The van der Waals surface area contributed by atoms with E-state index in [1.54, 1.807) is 12.1 Å². The molecule has 2 aromatic rings. The molecule has 2 aliphatic heterocycles. The topological polar surface area (TPSA) is 83.1 Å². The Morgan fingerprint density at radius 3 is 2.41 bits per heavy atom. The summed E-state index contributed by atoms with van der Waals surface area (Å²) in [6.07, 6.45) is 0. The van der Waals surface area contributed by atoms with E-state index in [0.717, 1.165) is 31.7 Å². The molecule has 170 valence electrons. The van der Waals surface area contributed by atoms with E-state index in [2.05, 4.69) is 27.5 Å². The third-order valence-corrected chi connectivity index (χ3v) is 5.79. The normalized spacial score (nSPS) is 17.1. The van der Waals surface area contributed by atoms with Crippen LogP contribution in [-0.2, 0) is 16.1 Å². The quantitative estimate of drug-likeness (QED) is 0.656. The number of nitrogens with one attached hydrogen (secondary N) is 2. The third-order valence-electron chi connectivity index (χ3n) is 5.79. The zero-order valence-electron chi connectivity index (χ0n) is 18.0. The number of hydrogen-bond acceptors (Lipinski definition) is 6. The fourth-order valence-corrected chi connectivity index (χ4v) is 3.85. The van der Waals surface area contributed by atoms with Crippen LogP contribution in [0, 0.1) is 5.82 Å². The molecule has 0 unspecified atom stereocenters. The van der Waals surface area contributed by atoms with Gasteiger partial charge in [0.1, 0.15) is 5.82 Å². The highest BCUT2D eigenvalue weighted by Crippen LogP contribution is 2.35. The zero-order chi connectivity index (χ0) is 22.5. The maximum absolute atomic E-state index is 13.0. The molecule has 2 aromatic carbocycles. The van der Waals surface area contributed by atoms with Gasteiger partial charge in [-0.1, -0.05) is 18.2 Å². The number of carbonyl (C=O) groups is 2. The molecule has 0 spiro atoms. The Morgan fingerprint density at radius 1 is 0.969 bits per heavy atom. The summed E-state index contributed by atoms with van der Waals surface area (Å²) in [6, 6.07) is 11.4. The third kappa shape index (κ3) is 5.35. The standard InChI is InChI=1S/C23H27FN4O4/c1-27-8-10-28(11-9-27)19(17-4-7-20-21(12-17)32-15-31-20)14-26-23(30)22(29)25-13-16-2-5-18(24)6-3-16/h2-7,12,19H,8-11,13-15H2,1H3,(H,25,29)(H,26,30)/t19-/m1/s1. The summed E-state index contributed by atoms with van der Waals surface area (Å²) < 4.78 is 23.9. The molecule has 2 amide bonds. The van der Waals surface area contributed by atoms with Crippen LogP contribution < -0.4 is 20.1 Å². The number of halogens is 1. The first-order valence-electron chi connectivity index (χ1n) is 10.6. The highest BCUT2D eigenvalue weighted by molar-refractivity contribution is 6.35. The van der Waals surface area contributed by atoms with Crippen LogP contribution in [0.15, 0.2) is 42.5 Å². The first-order valence-corrected chi connectivity index (χ1v) is 10.6. The van der Waals surface area contributed by atoms with Crippen LogP contribution in [0.25, 0.3) is 0 Å². The average Bonchev–Trinajstić information content (AvgIpc) is 3.27. The Kier molecular flexibility index (Phi) is 6.87. The van der Waals surface area contributed by atoms with Gasteiger partial charge in [0.15, 0.2) is 11.5 Å². The number of nitrogens with zero attached hydrogens (tertiary/aromatic N) is 2. The van der Waals surface area contributed by atoms with Crippen LogP contribution in [0.2, 0.25) is 0 Å². The molecule has 0 radical (unpaired) electrons. The van der Waals surface area contributed by atoms with Crippen LogP contribution in [0.4, 0.5) is 4.39 Å². The summed E-state index contributed by atoms with van der Waals surface area (Å²) >= 11 is 0. The number of ether oxygens (including phenoxy) is 2. The van der Waals surface area contributed by atoms with E-state index in [4.69, 9.17) is 9.47 Å². The van der Waals surface area contributed by atoms with E-state index in [9.17, 15) is 14.0 Å². The van der Waals surface area contributed by atoms with Gasteiger partial charge in [-0.2, -0.15) is 0 Å². The summed E-state index contributed by atoms with van der Waals surface area (Å²) in [7, 11) is 2.08. The second kappa shape index (κ2) is 9.97. The molecule has 1 atom stereocenters.